The average molecular weight is 374 g/mol. The van der Waals surface area contributed by atoms with Crippen molar-refractivity contribution in [3.05, 3.63) is 34.5 Å². The minimum Gasteiger partial charge on any atom is -0.384 e. The molecule has 0 bridgehead atoms. The summed E-state index contributed by atoms with van der Waals surface area (Å²) in [5, 5.41) is 5.70. The second kappa shape index (κ2) is 9.57. The number of hydrogen-bond donors (Lipinski definition) is 1. The Morgan fingerprint density at radius 3 is 2.62 bits per heavy atom. The number of aromatic nitrogens is 1. The molecule has 3 nitrogen and oxygen atoms in total. The number of para-hydroxylation sites is 1. The van der Waals surface area contributed by atoms with Crippen LogP contribution in [0.15, 0.2) is 18.2 Å². The van der Waals surface area contributed by atoms with Crippen LogP contribution in [0.4, 0.5) is 5.69 Å². The molecule has 0 radical (unpaired) electrons. The number of rotatable bonds is 9. The molecule has 1 heterocycles. The van der Waals surface area contributed by atoms with Gasteiger partial charge in [0.25, 0.3) is 0 Å². The number of nitrogens with one attached hydrogen (secondary N) is 1. The zero-order valence-electron chi connectivity index (χ0n) is 16.3. The largest absolute Gasteiger partial charge is 0.384 e. The van der Waals surface area contributed by atoms with Crippen molar-refractivity contribution in [3.63, 3.8) is 0 Å². The molecule has 1 aliphatic carbocycles. The average Bonchev–Trinajstić information content (AvgIpc) is 2.65. The van der Waals surface area contributed by atoms with Crippen LogP contribution in [0.2, 0.25) is 5.02 Å². The summed E-state index contributed by atoms with van der Waals surface area (Å²) in [5.74, 6) is 0. The van der Waals surface area contributed by atoms with E-state index in [1.54, 1.807) is 0 Å². The van der Waals surface area contributed by atoms with Gasteiger partial charge in [-0.1, -0.05) is 37.6 Å². The highest BCUT2D eigenvalue weighted by Crippen LogP contribution is 2.35. The highest BCUT2D eigenvalue weighted by atomic mass is 35.5. The Hall–Kier alpha value is -1.32. The van der Waals surface area contributed by atoms with Crippen LogP contribution in [0, 0.1) is 0 Å². The monoisotopic (exact) mass is 373 g/mol. The van der Waals surface area contributed by atoms with Crippen molar-refractivity contribution in [2.24, 2.45) is 0 Å². The predicted molar refractivity (Wildman–Crippen MR) is 114 cm³/mol. The van der Waals surface area contributed by atoms with Crippen LogP contribution in [0.5, 0.6) is 0 Å². The quantitative estimate of drug-likeness (QED) is 0.572. The van der Waals surface area contributed by atoms with Gasteiger partial charge in [-0.2, -0.15) is 0 Å². The second-order valence-corrected chi connectivity index (χ2v) is 7.78. The first-order valence-electron chi connectivity index (χ1n) is 10.3. The smallest absolute Gasteiger partial charge is 0.0912 e. The molecule has 1 aliphatic rings. The van der Waals surface area contributed by atoms with E-state index in [0.29, 0.717) is 0 Å². The number of anilines is 1. The number of halogens is 1. The maximum Gasteiger partial charge on any atom is 0.0912 e. The summed E-state index contributed by atoms with van der Waals surface area (Å²) in [7, 11) is 0. The van der Waals surface area contributed by atoms with Crippen LogP contribution in [-0.2, 0) is 12.8 Å². The van der Waals surface area contributed by atoms with Gasteiger partial charge in [-0.3, -0.25) is 4.98 Å². The minimum absolute atomic E-state index is 0.760. The van der Waals surface area contributed by atoms with E-state index < -0.39 is 0 Å². The molecule has 1 aromatic carbocycles. The second-order valence-electron chi connectivity index (χ2n) is 7.38. The van der Waals surface area contributed by atoms with Crippen LogP contribution < -0.4 is 5.32 Å². The summed E-state index contributed by atoms with van der Waals surface area (Å²) in [6.45, 7) is 9.11. The van der Waals surface area contributed by atoms with Crippen LogP contribution >= 0.6 is 11.6 Å². The lowest BCUT2D eigenvalue weighted by Crippen LogP contribution is -2.28. The molecule has 4 heteroatoms. The summed E-state index contributed by atoms with van der Waals surface area (Å²) in [4.78, 5) is 7.48. The zero-order chi connectivity index (χ0) is 18.4. The van der Waals surface area contributed by atoms with Gasteiger partial charge in [0.1, 0.15) is 0 Å². The van der Waals surface area contributed by atoms with Gasteiger partial charge in [0.05, 0.1) is 10.5 Å². The molecule has 2 aromatic rings. The third-order valence-electron chi connectivity index (χ3n) is 5.28. The number of aryl methyl sites for hydroxylation is 1. The van der Waals surface area contributed by atoms with Gasteiger partial charge in [-0.15, -0.1) is 0 Å². The first-order chi connectivity index (χ1) is 12.7. The van der Waals surface area contributed by atoms with E-state index in [2.05, 4.69) is 30.1 Å². The summed E-state index contributed by atoms with van der Waals surface area (Å²) in [6, 6.07) is 6.14. The molecule has 0 aliphatic heterocycles. The molecule has 1 aromatic heterocycles. The fourth-order valence-electron chi connectivity index (χ4n) is 4.10. The highest BCUT2D eigenvalue weighted by molar-refractivity contribution is 6.35. The number of hydrogen-bond acceptors (Lipinski definition) is 3. The van der Waals surface area contributed by atoms with Gasteiger partial charge in [-0.25, -0.2) is 0 Å². The van der Waals surface area contributed by atoms with Gasteiger partial charge in [0.15, 0.2) is 0 Å². The fraction of sp³-hybridized carbons (Fsp3) is 0.591. The third-order valence-corrected chi connectivity index (χ3v) is 5.58. The van der Waals surface area contributed by atoms with Crippen molar-refractivity contribution >= 4 is 28.2 Å². The van der Waals surface area contributed by atoms with E-state index in [1.807, 2.05) is 12.1 Å². The highest BCUT2D eigenvalue weighted by Gasteiger charge is 2.19. The molecule has 142 valence electrons. The first kappa shape index (κ1) is 19.4. The lowest BCUT2D eigenvalue weighted by Gasteiger charge is -2.23. The Bertz CT molecular complexity index is 723. The molecular weight excluding hydrogens is 342 g/mol. The van der Waals surface area contributed by atoms with E-state index in [4.69, 9.17) is 16.6 Å². The normalized spacial score (nSPS) is 14.0. The Morgan fingerprint density at radius 1 is 1.08 bits per heavy atom. The molecule has 0 fully saturated rings. The lowest BCUT2D eigenvalue weighted by atomic mass is 9.92. The molecule has 0 atom stereocenters. The number of nitrogens with zero attached hydrogens (tertiary/aromatic N) is 2. The first-order valence-corrected chi connectivity index (χ1v) is 10.7. The summed E-state index contributed by atoms with van der Waals surface area (Å²) >= 11 is 6.45. The van der Waals surface area contributed by atoms with E-state index >= 15 is 0 Å². The summed E-state index contributed by atoms with van der Waals surface area (Å²) in [5.41, 5.74) is 4.91. The Morgan fingerprint density at radius 2 is 1.85 bits per heavy atom. The van der Waals surface area contributed by atoms with Gasteiger partial charge in [-0.05, 0) is 76.2 Å². The molecule has 0 spiro atoms. The van der Waals surface area contributed by atoms with Crippen LogP contribution in [0.25, 0.3) is 10.9 Å². The van der Waals surface area contributed by atoms with Crippen molar-refractivity contribution in [1.82, 2.24) is 9.88 Å². The standard InChI is InChI=1S/C22H32ClN3/c1-3-14-26(15-4-2)16-8-13-24-21-17-9-5-6-12-20(17)25-22-18(21)10-7-11-19(22)23/h7,10-11H,3-6,8-9,12-16H2,1-2H3,(H,24,25). The summed E-state index contributed by atoms with van der Waals surface area (Å²) in [6.07, 6.45) is 8.33. The van der Waals surface area contributed by atoms with Crippen molar-refractivity contribution in [2.45, 2.75) is 58.8 Å². The molecule has 0 saturated heterocycles. The Balaban J connectivity index is 1.75. The predicted octanol–water partition coefficient (Wildman–Crippen LogP) is 5.69. The fourth-order valence-corrected chi connectivity index (χ4v) is 4.31. The molecule has 0 saturated carbocycles. The molecule has 0 amide bonds. The Kier molecular flexibility index (Phi) is 7.15. The molecular formula is C22H32ClN3. The maximum absolute atomic E-state index is 6.45. The van der Waals surface area contributed by atoms with E-state index in [9.17, 15) is 0 Å². The number of benzene rings is 1. The van der Waals surface area contributed by atoms with Crippen molar-refractivity contribution < 1.29 is 0 Å². The summed E-state index contributed by atoms with van der Waals surface area (Å²) < 4.78 is 0. The molecule has 0 unspecified atom stereocenters. The van der Waals surface area contributed by atoms with Crippen LogP contribution in [0.3, 0.4) is 0 Å². The van der Waals surface area contributed by atoms with Crippen molar-refractivity contribution in [2.75, 3.05) is 31.5 Å². The molecule has 1 N–H and O–H groups in total. The molecule has 3 rings (SSSR count). The lowest BCUT2D eigenvalue weighted by molar-refractivity contribution is 0.274. The van der Waals surface area contributed by atoms with E-state index in [-0.39, 0.29) is 0 Å². The van der Waals surface area contributed by atoms with E-state index in [1.165, 1.54) is 74.1 Å². The van der Waals surface area contributed by atoms with Crippen LogP contribution in [-0.4, -0.2) is 36.1 Å². The topological polar surface area (TPSA) is 28.2 Å². The van der Waals surface area contributed by atoms with Gasteiger partial charge in [0.2, 0.25) is 0 Å². The Labute approximate surface area is 163 Å². The van der Waals surface area contributed by atoms with Gasteiger partial charge >= 0.3 is 0 Å². The molecule has 26 heavy (non-hydrogen) atoms. The van der Waals surface area contributed by atoms with Gasteiger partial charge < -0.3 is 10.2 Å². The van der Waals surface area contributed by atoms with Crippen LogP contribution in [0.1, 0.15) is 57.2 Å². The zero-order valence-corrected chi connectivity index (χ0v) is 17.0. The van der Waals surface area contributed by atoms with Crippen molar-refractivity contribution in [3.8, 4) is 0 Å². The van der Waals surface area contributed by atoms with Crippen molar-refractivity contribution in [1.29, 1.82) is 0 Å². The number of pyridine rings is 1. The van der Waals surface area contributed by atoms with E-state index in [0.717, 1.165) is 29.9 Å². The SMILES string of the molecule is CCCN(CCC)CCCNc1c2c(nc3c(Cl)cccc13)CCCC2. The minimum atomic E-state index is 0.760. The van der Waals surface area contributed by atoms with Gasteiger partial charge in [0, 0.05) is 23.3 Å². The number of fused-ring (bicyclic) bond motifs is 2. The maximum atomic E-state index is 6.45. The third kappa shape index (κ3) is 4.50.